The smallest absolute Gasteiger partial charge is 0.256 e. The van der Waals surface area contributed by atoms with Crippen molar-refractivity contribution in [2.45, 2.75) is 19.3 Å². The fourth-order valence-electron chi connectivity index (χ4n) is 4.82. The molecule has 1 atom stereocenters. The number of aromatic amines is 1. The first-order chi connectivity index (χ1) is 15.7. The molecule has 32 heavy (non-hydrogen) atoms. The van der Waals surface area contributed by atoms with Crippen LogP contribution in [0.15, 0.2) is 54.7 Å². The van der Waals surface area contributed by atoms with Crippen molar-refractivity contribution in [1.82, 2.24) is 14.9 Å². The minimum Gasteiger partial charge on any atom is -0.360 e. The van der Waals surface area contributed by atoms with Gasteiger partial charge in [-0.3, -0.25) is 9.59 Å². The molecule has 2 amide bonds. The number of carbonyl (C=O) groups is 2. The molecule has 6 nitrogen and oxygen atoms in total. The van der Waals surface area contributed by atoms with Crippen LogP contribution in [-0.4, -0.2) is 39.8 Å². The summed E-state index contributed by atoms with van der Waals surface area (Å²) in [5, 5.41) is 4.59. The zero-order valence-electron chi connectivity index (χ0n) is 17.4. The molecule has 1 aliphatic heterocycles. The number of likely N-dealkylation sites (tertiary alicyclic amines) is 1. The van der Waals surface area contributed by atoms with Gasteiger partial charge in [0.2, 0.25) is 5.91 Å². The van der Waals surface area contributed by atoms with Gasteiger partial charge in [-0.2, -0.15) is 0 Å². The van der Waals surface area contributed by atoms with E-state index in [-0.39, 0.29) is 17.7 Å². The van der Waals surface area contributed by atoms with E-state index in [1.165, 1.54) is 10.4 Å². The quantitative estimate of drug-likeness (QED) is 0.426. The van der Waals surface area contributed by atoms with E-state index in [1.807, 2.05) is 36.4 Å². The van der Waals surface area contributed by atoms with Crippen molar-refractivity contribution in [3.63, 3.8) is 0 Å². The van der Waals surface area contributed by atoms with Gasteiger partial charge < -0.3 is 15.2 Å². The van der Waals surface area contributed by atoms with Crippen LogP contribution in [-0.2, 0) is 11.2 Å². The zero-order valence-corrected chi connectivity index (χ0v) is 18.2. The molecule has 2 aromatic heterocycles. The lowest BCUT2D eigenvalue weighted by Gasteiger charge is -2.31. The number of amides is 2. The number of benzene rings is 2. The number of rotatable bonds is 3. The number of nitrogens with zero attached hydrogens (tertiary/aromatic N) is 2. The number of piperidine rings is 1. The molecule has 0 radical (unpaired) electrons. The van der Waals surface area contributed by atoms with Crippen molar-refractivity contribution in [3.8, 4) is 11.3 Å². The molecule has 1 saturated heterocycles. The van der Waals surface area contributed by atoms with Crippen molar-refractivity contribution in [2.75, 3.05) is 18.4 Å². The third kappa shape index (κ3) is 3.20. The average Bonchev–Trinajstić information content (AvgIpc) is 3.51. The molecule has 2 aromatic carbocycles. The summed E-state index contributed by atoms with van der Waals surface area (Å²) in [6.45, 7) is 1.10. The Morgan fingerprint density at radius 2 is 1.97 bits per heavy atom. The van der Waals surface area contributed by atoms with E-state index in [0.717, 1.165) is 41.4 Å². The number of hydrogen-bond donors (Lipinski definition) is 2. The van der Waals surface area contributed by atoms with Crippen LogP contribution < -0.4 is 5.32 Å². The lowest BCUT2D eigenvalue weighted by atomic mass is 9.96. The summed E-state index contributed by atoms with van der Waals surface area (Å²) in [5.41, 5.74) is 5.04. The highest BCUT2D eigenvalue weighted by molar-refractivity contribution is 7.16. The summed E-state index contributed by atoms with van der Waals surface area (Å²) in [6, 6.07) is 16.1. The highest BCUT2D eigenvalue weighted by Crippen LogP contribution is 2.41. The summed E-state index contributed by atoms with van der Waals surface area (Å²) in [6.07, 6.45) is 4.23. The Bertz CT molecular complexity index is 1350. The normalized spacial score (nSPS) is 17.2. The largest absolute Gasteiger partial charge is 0.360 e. The van der Waals surface area contributed by atoms with E-state index in [4.69, 9.17) is 4.98 Å². The molecule has 3 heterocycles. The summed E-state index contributed by atoms with van der Waals surface area (Å²) in [5.74, 6) is -0.309. The van der Waals surface area contributed by atoms with E-state index in [2.05, 4.69) is 22.4 Å². The first-order valence-electron chi connectivity index (χ1n) is 10.9. The lowest BCUT2D eigenvalue weighted by Crippen LogP contribution is -2.43. The van der Waals surface area contributed by atoms with Crippen molar-refractivity contribution in [3.05, 3.63) is 70.7 Å². The Kier molecular flexibility index (Phi) is 4.57. The van der Waals surface area contributed by atoms with Crippen LogP contribution in [0.1, 0.15) is 33.6 Å². The monoisotopic (exact) mass is 442 g/mol. The Labute approximate surface area is 189 Å². The van der Waals surface area contributed by atoms with Crippen molar-refractivity contribution in [2.24, 2.45) is 5.92 Å². The van der Waals surface area contributed by atoms with Crippen molar-refractivity contribution >= 4 is 39.2 Å². The minimum absolute atomic E-state index is 0.0233. The van der Waals surface area contributed by atoms with Gasteiger partial charge in [-0.15, -0.1) is 11.3 Å². The Morgan fingerprint density at radius 1 is 1.12 bits per heavy atom. The second kappa shape index (κ2) is 7.60. The van der Waals surface area contributed by atoms with E-state index in [9.17, 15) is 9.59 Å². The Morgan fingerprint density at radius 3 is 2.91 bits per heavy atom. The van der Waals surface area contributed by atoms with Crippen LogP contribution in [0.2, 0.25) is 0 Å². The summed E-state index contributed by atoms with van der Waals surface area (Å²) < 4.78 is 0. The summed E-state index contributed by atoms with van der Waals surface area (Å²) in [7, 11) is 0. The van der Waals surface area contributed by atoms with Crippen LogP contribution >= 0.6 is 11.3 Å². The van der Waals surface area contributed by atoms with Gasteiger partial charge in [-0.1, -0.05) is 42.5 Å². The first-order valence-corrected chi connectivity index (χ1v) is 11.7. The van der Waals surface area contributed by atoms with Crippen LogP contribution in [0.5, 0.6) is 0 Å². The molecular formula is C25H22N4O2S. The number of fused-ring (bicyclic) bond motifs is 4. The van der Waals surface area contributed by atoms with E-state index in [1.54, 1.807) is 22.4 Å². The number of anilines is 1. The molecule has 2 N–H and O–H groups in total. The van der Waals surface area contributed by atoms with Gasteiger partial charge in [0.05, 0.1) is 17.2 Å². The molecule has 1 unspecified atom stereocenters. The van der Waals surface area contributed by atoms with Gasteiger partial charge >= 0.3 is 0 Å². The summed E-state index contributed by atoms with van der Waals surface area (Å²) >= 11 is 1.55. The van der Waals surface area contributed by atoms with Crippen molar-refractivity contribution < 1.29 is 9.59 Å². The number of aromatic nitrogens is 2. The number of nitrogens with one attached hydrogen (secondary N) is 2. The number of H-pyrrole nitrogens is 1. The average molecular weight is 443 g/mol. The van der Waals surface area contributed by atoms with Gasteiger partial charge in [-0.05, 0) is 24.5 Å². The van der Waals surface area contributed by atoms with Gasteiger partial charge in [0.15, 0.2) is 5.13 Å². The lowest BCUT2D eigenvalue weighted by molar-refractivity contribution is -0.121. The Balaban J connectivity index is 1.16. The molecule has 0 saturated carbocycles. The summed E-state index contributed by atoms with van der Waals surface area (Å²) in [4.78, 5) is 37.1. The van der Waals surface area contributed by atoms with Gasteiger partial charge in [0.25, 0.3) is 5.91 Å². The fraction of sp³-hybridized carbons (Fsp3) is 0.240. The molecule has 160 valence electrons. The van der Waals surface area contributed by atoms with E-state index >= 15 is 0 Å². The molecule has 6 rings (SSSR count). The van der Waals surface area contributed by atoms with Crippen LogP contribution in [0, 0.1) is 5.92 Å². The molecule has 0 bridgehead atoms. The van der Waals surface area contributed by atoms with Crippen LogP contribution in [0.25, 0.3) is 22.2 Å². The maximum absolute atomic E-state index is 13.2. The fourth-order valence-corrected chi connectivity index (χ4v) is 5.82. The van der Waals surface area contributed by atoms with Gasteiger partial charge in [0, 0.05) is 47.1 Å². The molecule has 4 aromatic rings. The zero-order chi connectivity index (χ0) is 21.7. The highest BCUT2D eigenvalue weighted by atomic mass is 32.1. The van der Waals surface area contributed by atoms with Gasteiger partial charge in [-0.25, -0.2) is 4.98 Å². The third-order valence-electron chi connectivity index (χ3n) is 6.45. The molecule has 2 aliphatic rings. The molecule has 1 fully saturated rings. The predicted octanol–water partition coefficient (Wildman–Crippen LogP) is 4.69. The maximum atomic E-state index is 13.2. The minimum atomic E-state index is -0.232. The second-order valence-corrected chi connectivity index (χ2v) is 9.54. The third-order valence-corrected chi connectivity index (χ3v) is 7.42. The standard InChI is InChI=1S/C25H22N4O2S/c30-23(28-25-27-22-17-8-2-1-6-15(17)12-21(22)32-25)16-7-5-11-29(14-16)24(31)19-13-26-20-10-4-3-9-18(19)20/h1-4,6,8-10,13,16,26H,5,7,11-12,14H2,(H,27,28,30). The highest BCUT2D eigenvalue weighted by Gasteiger charge is 2.31. The van der Waals surface area contributed by atoms with Crippen molar-refractivity contribution in [1.29, 1.82) is 0 Å². The van der Waals surface area contributed by atoms with Crippen LogP contribution in [0.4, 0.5) is 5.13 Å². The first kappa shape index (κ1) is 19.3. The van der Waals surface area contributed by atoms with E-state index < -0.39 is 0 Å². The maximum Gasteiger partial charge on any atom is 0.256 e. The number of carbonyl (C=O) groups excluding carboxylic acids is 2. The Hall–Kier alpha value is -3.45. The number of hydrogen-bond acceptors (Lipinski definition) is 4. The molecule has 0 spiro atoms. The number of para-hydroxylation sites is 1. The number of thiazole rings is 1. The molecule has 7 heteroatoms. The van der Waals surface area contributed by atoms with Gasteiger partial charge in [0.1, 0.15) is 0 Å². The van der Waals surface area contributed by atoms with E-state index in [0.29, 0.717) is 23.8 Å². The second-order valence-electron chi connectivity index (χ2n) is 8.45. The molecule has 1 aliphatic carbocycles. The molecular weight excluding hydrogens is 420 g/mol. The SMILES string of the molecule is O=C(Nc1nc2c(s1)Cc1ccccc1-2)C1CCCN(C(=O)c2c[nH]c3ccccc23)C1. The topological polar surface area (TPSA) is 78.1 Å². The predicted molar refractivity (Wildman–Crippen MR) is 126 cm³/mol. The van der Waals surface area contributed by atoms with Crippen LogP contribution in [0.3, 0.4) is 0 Å².